The molecule has 1 aliphatic heterocycles. The summed E-state index contributed by atoms with van der Waals surface area (Å²) in [6, 6.07) is 12.6. The molecule has 0 spiro atoms. The number of rotatable bonds is 6. The molecule has 3 rings (SSSR count). The van der Waals surface area contributed by atoms with Crippen LogP contribution in [-0.4, -0.2) is 32.8 Å². The molecule has 2 aromatic rings. The molecular weight excluding hydrogens is 314 g/mol. The second kappa shape index (κ2) is 7.62. The van der Waals surface area contributed by atoms with E-state index < -0.39 is 0 Å². The molecule has 132 valence electrons. The number of ether oxygens (including phenoxy) is 3. The van der Waals surface area contributed by atoms with Crippen molar-refractivity contribution in [2.24, 2.45) is 0 Å². The van der Waals surface area contributed by atoms with Crippen LogP contribution in [0.25, 0.3) is 0 Å². The fourth-order valence-corrected chi connectivity index (χ4v) is 3.45. The number of methoxy groups -OCH3 is 3. The van der Waals surface area contributed by atoms with Gasteiger partial charge in [0.05, 0.1) is 27.4 Å². The zero-order valence-corrected chi connectivity index (χ0v) is 15.1. The van der Waals surface area contributed by atoms with Crippen LogP contribution in [-0.2, 0) is 13.0 Å². The summed E-state index contributed by atoms with van der Waals surface area (Å²) in [5.74, 6) is 2.43. The Bertz CT molecular complexity index is 740. The molecule has 0 amide bonds. The molecule has 0 bridgehead atoms. The first-order chi connectivity index (χ1) is 12.2. The summed E-state index contributed by atoms with van der Waals surface area (Å²) in [5, 5.41) is 0. The van der Waals surface area contributed by atoms with Crippen molar-refractivity contribution in [3.05, 3.63) is 65.7 Å². The van der Waals surface area contributed by atoms with Crippen molar-refractivity contribution in [3.63, 3.8) is 0 Å². The molecule has 0 saturated carbocycles. The van der Waals surface area contributed by atoms with E-state index in [0.29, 0.717) is 0 Å². The number of fused-ring (bicyclic) bond motifs is 1. The molecule has 1 aliphatic rings. The number of nitrogens with zero attached hydrogens (tertiary/aromatic N) is 1. The highest BCUT2D eigenvalue weighted by Gasteiger charge is 2.27. The second-order valence-electron chi connectivity index (χ2n) is 6.16. The van der Waals surface area contributed by atoms with Crippen molar-refractivity contribution >= 4 is 0 Å². The first-order valence-corrected chi connectivity index (χ1v) is 8.44. The lowest BCUT2D eigenvalue weighted by atomic mass is 9.91. The molecule has 1 unspecified atom stereocenters. The summed E-state index contributed by atoms with van der Waals surface area (Å²) >= 11 is 0. The molecule has 1 heterocycles. The predicted molar refractivity (Wildman–Crippen MR) is 99.6 cm³/mol. The van der Waals surface area contributed by atoms with Crippen molar-refractivity contribution in [3.8, 4) is 17.2 Å². The Balaban J connectivity index is 1.87. The number of benzene rings is 2. The molecule has 2 aromatic carbocycles. The van der Waals surface area contributed by atoms with Crippen LogP contribution in [0.4, 0.5) is 0 Å². The average Bonchev–Trinajstić information content (AvgIpc) is 2.67. The highest BCUT2D eigenvalue weighted by molar-refractivity contribution is 5.50. The van der Waals surface area contributed by atoms with E-state index in [0.717, 1.165) is 36.8 Å². The fourth-order valence-electron chi connectivity index (χ4n) is 3.45. The lowest BCUT2D eigenvalue weighted by Gasteiger charge is -2.36. The average molecular weight is 339 g/mol. The second-order valence-corrected chi connectivity index (χ2v) is 6.16. The van der Waals surface area contributed by atoms with Gasteiger partial charge in [0.25, 0.3) is 0 Å². The zero-order valence-electron chi connectivity index (χ0n) is 15.1. The Morgan fingerprint density at radius 2 is 1.72 bits per heavy atom. The van der Waals surface area contributed by atoms with Crippen molar-refractivity contribution in [1.82, 2.24) is 4.90 Å². The van der Waals surface area contributed by atoms with Crippen molar-refractivity contribution in [1.29, 1.82) is 0 Å². The van der Waals surface area contributed by atoms with E-state index >= 15 is 0 Å². The number of hydrogen-bond donors (Lipinski definition) is 0. The molecule has 0 aliphatic carbocycles. The Hall–Kier alpha value is -2.46. The molecule has 0 fully saturated rings. The quantitative estimate of drug-likeness (QED) is 0.745. The minimum atomic E-state index is 0.158. The third-order valence-electron chi connectivity index (χ3n) is 4.79. The molecule has 0 N–H and O–H groups in total. The Morgan fingerprint density at radius 1 is 1.04 bits per heavy atom. The van der Waals surface area contributed by atoms with Crippen LogP contribution in [0.3, 0.4) is 0 Å². The van der Waals surface area contributed by atoms with Gasteiger partial charge in [0, 0.05) is 13.1 Å². The Kier molecular flexibility index (Phi) is 5.29. The largest absolute Gasteiger partial charge is 0.497 e. The highest BCUT2D eigenvalue weighted by atomic mass is 16.5. The van der Waals surface area contributed by atoms with Crippen LogP contribution < -0.4 is 14.2 Å². The van der Waals surface area contributed by atoms with Gasteiger partial charge in [0.2, 0.25) is 0 Å². The van der Waals surface area contributed by atoms with E-state index in [9.17, 15) is 0 Å². The molecule has 0 aromatic heterocycles. The lowest BCUT2D eigenvalue weighted by molar-refractivity contribution is 0.209. The summed E-state index contributed by atoms with van der Waals surface area (Å²) in [5.41, 5.74) is 3.80. The Morgan fingerprint density at radius 3 is 2.32 bits per heavy atom. The molecule has 25 heavy (non-hydrogen) atoms. The topological polar surface area (TPSA) is 30.9 Å². The van der Waals surface area contributed by atoms with Gasteiger partial charge < -0.3 is 14.2 Å². The van der Waals surface area contributed by atoms with Gasteiger partial charge in [-0.3, -0.25) is 4.90 Å². The van der Waals surface area contributed by atoms with Gasteiger partial charge in [-0.2, -0.15) is 0 Å². The summed E-state index contributed by atoms with van der Waals surface area (Å²) in [4.78, 5) is 2.43. The first-order valence-electron chi connectivity index (χ1n) is 8.44. The van der Waals surface area contributed by atoms with Crippen LogP contribution in [0.15, 0.2) is 49.1 Å². The molecule has 0 saturated heterocycles. The van der Waals surface area contributed by atoms with Crippen LogP contribution in [0.1, 0.15) is 22.7 Å². The third kappa shape index (κ3) is 3.49. The minimum Gasteiger partial charge on any atom is -0.497 e. The molecule has 4 nitrogen and oxygen atoms in total. The van der Waals surface area contributed by atoms with Crippen LogP contribution in [0.5, 0.6) is 17.2 Å². The van der Waals surface area contributed by atoms with Crippen molar-refractivity contribution in [2.45, 2.75) is 19.0 Å². The van der Waals surface area contributed by atoms with E-state index in [-0.39, 0.29) is 6.04 Å². The van der Waals surface area contributed by atoms with E-state index in [1.807, 2.05) is 18.2 Å². The predicted octanol–water partition coefficient (Wildman–Crippen LogP) is 4.00. The van der Waals surface area contributed by atoms with Gasteiger partial charge >= 0.3 is 0 Å². The van der Waals surface area contributed by atoms with Gasteiger partial charge in [-0.1, -0.05) is 18.2 Å². The van der Waals surface area contributed by atoms with E-state index in [2.05, 4.69) is 35.7 Å². The SMILES string of the molecule is C=CC1c2cc(OC)c(OC)cc2CCN1Cc1ccc(OC)cc1. The molecule has 4 heteroatoms. The van der Waals surface area contributed by atoms with Gasteiger partial charge in [-0.25, -0.2) is 0 Å². The van der Waals surface area contributed by atoms with E-state index in [4.69, 9.17) is 14.2 Å². The summed E-state index contributed by atoms with van der Waals surface area (Å²) in [6.45, 7) is 5.91. The number of hydrogen-bond acceptors (Lipinski definition) is 4. The smallest absolute Gasteiger partial charge is 0.161 e. The first kappa shape index (κ1) is 17.4. The maximum absolute atomic E-state index is 5.48. The molecule has 0 radical (unpaired) electrons. The van der Waals surface area contributed by atoms with Crippen molar-refractivity contribution < 1.29 is 14.2 Å². The summed E-state index contributed by atoms with van der Waals surface area (Å²) < 4.78 is 16.2. The van der Waals surface area contributed by atoms with E-state index in [1.165, 1.54) is 16.7 Å². The monoisotopic (exact) mass is 339 g/mol. The normalized spacial score (nSPS) is 16.8. The zero-order chi connectivity index (χ0) is 17.8. The highest BCUT2D eigenvalue weighted by Crippen LogP contribution is 2.39. The van der Waals surface area contributed by atoms with Crippen LogP contribution in [0.2, 0.25) is 0 Å². The summed E-state index contributed by atoms with van der Waals surface area (Å²) in [7, 11) is 5.03. The van der Waals surface area contributed by atoms with E-state index in [1.54, 1.807) is 21.3 Å². The van der Waals surface area contributed by atoms with Gasteiger partial charge in [-0.05, 0) is 47.4 Å². The van der Waals surface area contributed by atoms with Gasteiger partial charge in [-0.15, -0.1) is 6.58 Å². The maximum Gasteiger partial charge on any atom is 0.161 e. The standard InChI is InChI=1S/C21H25NO3/c1-5-19-18-13-21(25-4)20(24-3)12-16(18)10-11-22(19)14-15-6-8-17(23-2)9-7-15/h5-9,12-13,19H,1,10-11,14H2,2-4H3. The molecular formula is C21H25NO3. The Labute approximate surface area is 149 Å². The van der Waals surface area contributed by atoms with Crippen LogP contribution >= 0.6 is 0 Å². The maximum atomic E-state index is 5.48. The fraction of sp³-hybridized carbons (Fsp3) is 0.333. The van der Waals surface area contributed by atoms with Crippen LogP contribution in [0, 0.1) is 0 Å². The third-order valence-corrected chi connectivity index (χ3v) is 4.79. The minimum absolute atomic E-state index is 0.158. The van der Waals surface area contributed by atoms with Gasteiger partial charge in [0.15, 0.2) is 11.5 Å². The lowest BCUT2D eigenvalue weighted by Crippen LogP contribution is -2.34. The molecule has 1 atom stereocenters. The van der Waals surface area contributed by atoms with Crippen molar-refractivity contribution in [2.75, 3.05) is 27.9 Å². The van der Waals surface area contributed by atoms with Gasteiger partial charge in [0.1, 0.15) is 5.75 Å². The summed E-state index contributed by atoms with van der Waals surface area (Å²) in [6.07, 6.45) is 2.99.